The lowest BCUT2D eigenvalue weighted by Gasteiger charge is -2.32. The van der Waals surface area contributed by atoms with Crippen molar-refractivity contribution in [2.75, 3.05) is 13.1 Å². The Kier molecular flexibility index (Phi) is 4.29. The van der Waals surface area contributed by atoms with E-state index >= 15 is 0 Å². The van der Waals surface area contributed by atoms with Crippen LogP contribution in [-0.4, -0.2) is 29.6 Å². The molecule has 1 N–H and O–H groups in total. The SMILES string of the molecule is CC1CCNC(C)(C)CN1Cc1cc(Br)cs1. The highest BCUT2D eigenvalue weighted by molar-refractivity contribution is 9.10. The molecule has 17 heavy (non-hydrogen) atoms. The van der Waals surface area contributed by atoms with Crippen LogP contribution in [0.4, 0.5) is 0 Å². The minimum absolute atomic E-state index is 0.221. The fourth-order valence-electron chi connectivity index (χ4n) is 2.37. The van der Waals surface area contributed by atoms with Gasteiger partial charge in [0, 0.05) is 39.4 Å². The van der Waals surface area contributed by atoms with Crippen molar-refractivity contribution < 1.29 is 0 Å². The van der Waals surface area contributed by atoms with Crippen molar-refractivity contribution in [2.24, 2.45) is 0 Å². The number of hydrogen-bond donors (Lipinski definition) is 1. The maximum Gasteiger partial charge on any atom is 0.0331 e. The quantitative estimate of drug-likeness (QED) is 0.898. The average Bonchev–Trinajstić information content (AvgIpc) is 2.56. The second-order valence-electron chi connectivity index (χ2n) is 5.58. The maximum absolute atomic E-state index is 3.62. The van der Waals surface area contributed by atoms with E-state index in [9.17, 15) is 0 Å². The van der Waals surface area contributed by atoms with E-state index in [2.05, 4.69) is 58.4 Å². The van der Waals surface area contributed by atoms with Gasteiger partial charge in [-0.25, -0.2) is 0 Å². The molecule has 0 saturated carbocycles. The topological polar surface area (TPSA) is 15.3 Å². The van der Waals surface area contributed by atoms with Crippen molar-refractivity contribution in [3.05, 3.63) is 20.8 Å². The van der Waals surface area contributed by atoms with E-state index < -0.39 is 0 Å². The monoisotopic (exact) mass is 316 g/mol. The molecule has 2 rings (SSSR count). The van der Waals surface area contributed by atoms with Crippen LogP contribution in [0.2, 0.25) is 0 Å². The normalized spacial score (nSPS) is 25.8. The fourth-order valence-corrected chi connectivity index (χ4v) is 3.85. The summed E-state index contributed by atoms with van der Waals surface area (Å²) in [4.78, 5) is 4.04. The van der Waals surface area contributed by atoms with E-state index in [0.29, 0.717) is 6.04 Å². The number of thiophene rings is 1. The van der Waals surface area contributed by atoms with Gasteiger partial charge in [0.25, 0.3) is 0 Å². The van der Waals surface area contributed by atoms with Crippen molar-refractivity contribution in [3.63, 3.8) is 0 Å². The standard InChI is InChI=1S/C13H21BrN2S/c1-10-4-5-15-13(2,3)9-16(10)7-12-6-11(14)8-17-12/h6,8,10,15H,4-5,7,9H2,1-3H3. The number of halogens is 1. The molecule has 0 aromatic carbocycles. The lowest BCUT2D eigenvalue weighted by Crippen LogP contribution is -2.47. The molecule has 1 aliphatic heterocycles. The Morgan fingerprint density at radius 1 is 1.59 bits per heavy atom. The molecule has 1 aliphatic rings. The summed E-state index contributed by atoms with van der Waals surface area (Å²) in [5.41, 5.74) is 0.221. The number of nitrogens with one attached hydrogen (secondary N) is 1. The molecule has 1 aromatic heterocycles. The predicted octanol–water partition coefficient (Wildman–Crippen LogP) is 3.47. The molecule has 0 spiro atoms. The van der Waals surface area contributed by atoms with Crippen molar-refractivity contribution in [1.82, 2.24) is 10.2 Å². The lowest BCUT2D eigenvalue weighted by atomic mass is 10.1. The summed E-state index contributed by atoms with van der Waals surface area (Å²) in [6.07, 6.45) is 1.23. The van der Waals surface area contributed by atoms with Gasteiger partial charge in [-0.05, 0) is 55.7 Å². The van der Waals surface area contributed by atoms with Crippen LogP contribution in [0, 0.1) is 0 Å². The summed E-state index contributed by atoms with van der Waals surface area (Å²) in [5, 5.41) is 5.79. The van der Waals surface area contributed by atoms with Crippen LogP contribution in [0.15, 0.2) is 15.9 Å². The first-order valence-corrected chi connectivity index (χ1v) is 7.85. The highest BCUT2D eigenvalue weighted by Crippen LogP contribution is 2.24. The molecule has 0 amide bonds. The summed E-state index contributed by atoms with van der Waals surface area (Å²) in [6.45, 7) is 10.2. The molecule has 0 aliphatic carbocycles. The summed E-state index contributed by atoms with van der Waals surface area (Å²) in [6, 6.07) is 2.90. The van der Waals surface area contributed by atoms with E-state index in [1.807, 2.05) is 11.3 Å². The molecule has 1 atom stereocenters. The van der Waals surface area contributed by atoms with Crippen molar-refractivity contribution in [1.29, 1.82) is 0 Å². The van der Waals surface area contributed by atoms with Gasteiger partial charge in [-0.1, -0.05) is 0 Å². The zero-order chi connectivity index (χ0) is 12.5. The third-order valence-electron chi connectivity index (χ3n) is 3.37. The van der Waals surface area contributed by atoms with E-state index in [0.717, 1.165) is 19.6 Å². The van der Waals surface area contributed by atoms with Crippen LogP contribution in [0.3, 0.4) is 0 Å². The summed E-state index contributed by atoms with van der Waals surface area (Å²) >= 11 is 5.37. The van der Waals surface area contributed by atoms with E-state index in [4.69, 9.17) is 0 Å². The van der Waals surface area contributed by atoms with Crippen LogP contribution < -0.4 is 5.32 Å². The van der Waals surface area contributed by atoms with Gasteiger partial charge in [-0.15, -0.1) is 11.3 Å². The van der Waals surface area contributed by atoms with Gasteiger partial charge in [-0.3, -0.25) is 4.90 Å². The number of hydrogen-bond acceptors (Lipinski definition) is 3. The minimum atomic E-state index is 0.221. The molecule has 0 radical (unpaired) electrons. The van der Waals surface area contributed by atoms with E-state index in [-0.39, 0.29) is 5.54 Å². The summed E-state index contributed by atoms with van der Waals surface area (Å²) in [7, 11) is 0. The summed E-state index contributed by atoms with van der Waals surface area (Å²) < 4.78 is 1.21. The van der Waals surface area contributed by atoms with Crippen LogP contribution in [0.5, 0.6) is 0 Å². The van der Waals surface area contributed by atoms with Crippen LogP contribution in [-0.2, 0) is 6.54 Å². The van der Waals surface area contributed by atoms with Crippen molar-refractivity contribution in [2.45, 2.75) is 45.3 Å². The molecular weight excluding hydrogens is 296 g/mol. The second kappa shape index (κ2) is 5.39. The molecule has 1 aromatic rings. The Labute approximate surface area is 117 Å². The van der Waals surface area contributed by atoms with Gasteiger partial charge in [0.15, 0.2) is 0 Å². The minimum Gasteiger partial charge on any atom is -0.310 e. The Balaban J connectivity index is 2.06. The van der Waals surface area contributed by atoms with Crippen LogP contribution >= 0.6 is 27.3 Å². The third-order valence-corrected chi connectivity index (χ3v) is 5.05. The van der Waals surface area contributed by atoms with E-state index in [1.54, 1.807) is 0 Å². The largest absolute Gasteiger partial charge is 0.310 e. The molecule has 2 heterocycles. The van der Waals surface area contributed by atoms with Crippen molar-refractivity contribution >= 4 is 27.3 Å². The van der Waals surface area contributed by atoms with Gasteiger partial charge < -0.3 is 5.32 Å². The first-order chi connectivity index (χ1) is 7.96. The zero-order valence-corrected chi connectivity index (χ0v) is 13.2. The lowest BCUT2D eigenvalue weighted by molar-refractivity contribution is 0.174. The Morgan fingerprint density at radius 3 is 3.00 bits per heavy atom. The van der Waals surface area contributed by atoms with Gasteiger partial charge in [-0.2, -0.15) is 0 Å². The maximum atomic E-state index is 3.62. The van der Waals surface area contributed by atoms with Crippen LogP contribution in [0.25, 0.3) is 0 Å². The highest BCUT2D eigenvalue weighted by Gasteiger charge is 2.27. The molecule has 2 nitrogen and oxygen atoms in total. The van der Waals surface area contributed by atoms with E-state index in [1.165, 1.54) is 15.8 Å². The predicted molar refractivity (Wildman–Crippen MR) is 78.6 cm³/mol. The van der Waals surface area contributed by atoms with Gasteiger partial charge in [0.2, 0.25) is 0 Å². The highest BCUT2D eigenvalue weighted by atomic mass is 79.9. The molecule has 1 fully saturated rings. The Hall–Kier alpha value is 0.1000. The first kappa shape index (κ1) is 13.5. The second-order valence-corrected chi connectivity index (χ2v) is 7.50. The molecule has 1 unspecified atom stereocenters. The number of nitrogens with zero attached hydrogens (tertiary/aromatic N) is 1. The van der Waals surface area contributed by atoms with Crippen molar-refractivity contribution in [3.8, 4) is 0 Å². The first-order valence-electron chi connectivity index (χ1n) is 6.18. The summed E-state index contributed by atoms with van der Waals surface area (Å²) in [5.74, 6) is 0. The fraction of sp³-hybridized carbons (Fsp3) is 0.692. The molecule has 0 bridgehead atoms. The van der Waals surface area contributed by atoms with Gasteiger partial charge in [0.05, 0.1) is 0 Å². The average molecular weight is 317 g/mol. The number of rotatable bonds is 2. The Bertz CT molecular complexity index is 375. The Morgan fingerprint density at radius 2 is 2.35 bits per heavy atom. The third kappa shape index (κ3) is 3.78. The molecule has 1 saturated heterocycles. The molecule has 96 valence electrons. The van der Waals surface area contributed by atoms with Crippen LogP contribution in [0.1, 0.15) is 32.1 Å². The van der Waals surface area contributed by atoms with Gasteiger partial charge >= 0.3 is 0 Å². The molecule has 4 heteroatoms. The smallest absolute Gasteiger partial charge is 0.0331 e. The molecular formula is C13H21BrN2S. The zero-order valence-electron chi connectivity index (χ0n) is 10.8. The van der Waals surface area contributed by atoms with Gasteiger partial charge in [0.1, 0.15) is 0 Å².